The highest BCUT2D eigenvalue weighted by molar-refractivity contribution is 8.00. The monoisotopic (exact) mass is 1270 g/mol. The number of carbonyl (C=O) groups is 6. The van der Waals surface area contributed by atoms with Gasteiger partial charge >= 0.3 is 0 Å². The SMILES string of the molecule is O=C(CCSC1OC(CO)C(O)C(O)C1O)NCCCCC(NC(=O)[C@@H](CCCCNC(=O)CCSC1OC(CO)C(O)C(O)C1O)NC(=O)CCSC1OC(CO)C(O)C(O)C1O)C(=O)NCCCCCCNC(=O)CCc1ccc(O)cc1. The van der Waals surface area contributed by atoms with Gasteiger partial charge < -0.3 is 112 Å². The van der Waals surface area contributed by atoms with Gasteiger partial charge in [0.15, 0.2) is 0 Å². The topological polar surface area (TPSA) is 465 Å². The summed E-state index contributed by atoms with van der Waals surface area (Å²) in [6.07, 6.45) is -12.3. The molecule has 3 aliphatic rings. The summed E-state index contributed by atoms with van der Waals surface area (Å²) in [5, 5.41) is 147. The highest BCUT2D eigenvalue weighted by Crippen LogP contribution is 2.31. The molecule has 16 unspecified atom stereocenters. The predicted molar refractivity (Wildman–Crippen MR) is 311 cm³/mol. The molecule has 0 saturated carbocycles. The number of aromatic hydroxyl groups is 1. The van der Waals surface area contributed by atoms with Crippen LogP contribution >= 0.6 is 35.3 Å². The van der Waals surface area contributed by atoms with E-state index in [-0.39, 0.29) is 92.5 Å². The van der Waals surface area contributed by atoms with Crippen LogP contribution < -0.4 is 31.9 Å². The molecule has 3 aliphatic heterocycles. The quantitative estimate of drug-likeness (QED) is 0.0276. The molecule has 0 bridgehead atoms. The molecular formula is C54H90N6O22S3. The number of aliphatic hydroxyl groups excluding tert-OH is 12. The van der Waals surface area contributed by atoms with Crippen molar-refractivity contribution in [2.45, 2.75) is 198 Å². The molecule has 0 radical (unpaired) electrons. The molecule has 28 nitrogen and oxygen atoms in total. The van der Waals surface area contributed by atoms with Crippen LogP contribution in [0.15, 0.2) is 24.3 Å². The predicted octanol–water partition coefficient (Wildman–Crippen LogP) is -4.57. The Balaban J connectivity index is 1.32. The zero-order valence-corrected chi connectivity index (χ0v) is 50.0. The Morgan fingerprint density at radius 3 is 1.16 bits per heavy atom. The summed E-state index contributed by atoms with van der Waals surface area (Å²) in [6, 6.07) is 4.35. The molecule has 1 aromatic carbocycles. The number of nitrogens with one attached hydrogen (secondary N) is 6. The number of hydrogen-bond acceptors (Lipinski definition) is 25. The number of ether oxygens (including phenoxy) is 3. The Bertz CT molecular complexity index is 2150. The smallest absolute Gasteiger partial charge is 0.243 e. The Morgan fingerprint density at radius 1 is 0.412 bits per heavy atom. The number of aliphatic hydroxyl groups is 12. The highest BCUT2D eigenvalue weighted by atomic mass is 32.2. The van der Waals surface area contributed by atoms with Gasteiger partial charge in [-0.15, -0.1) is 35.3 Å². The normalized spacial score (nSPS) is 28.4. The summed E-state index contributed by atoms with van der Waals surface area (Å²) >= 11 is 3.00. The Morgan fingerprint density at radius 2 is 0.765 bits per heavy atom. The maximum absolute atomic E-state index is 14.2. The Kier molecular flexibility index (Phi) is 34.7. The van der Waals surface area contributed by atoms with E-state index in [1.807, 2.05) is 0 Å². The van der Waals surface area contributed by atoms with Crippen molar-refractivity contribution >= 4 is 70.7 Å². The van der Waals surface area contributed by atoms with Crippen LogP contribution in [0.1, 0.15) is 95.5 Å². The van der Waals surface area contributed by atoms with E-state index >= 15 is 0 Å². The summed E-state index contributed by atoms with van der Waals surface area (Å²) in [5.41, 5.74) is -2.19. The fourth-order valence-corrected chi connectivity index (χ4v) is 12.6. The molecule has 31 heteroatoms. The number of phenolic OH excluding ortho intramolecular Hbond substituents is 1. The zero-order chi connectivity index (χ0) is 62.4. The molecule has 1 aromatic rings. The van der Waals surface area contributed by atoms with Gasteiger partial charge in [0.25, 0.3) is 0 Å². The van der Waals surface area contributed by atoms with E-state index in [2.05, 4.69) is 31.9 Å². The van der Waals surface area contributed by atoms with Gasteiger partial charge in [-0.3, -0.25) is 28.8 Å². The third-order valence-electron chi connectivity index (χ3n) is 14.4. The summed E-state index contributed by atoms with van der Waals surface area (Å²) in [4.78, 5) is 79.4. The number of carbonyl (C=O) groups excluding carboxylic acids is 6. The minimum absolute atomic E-state index is 0.00288. The van der Waals surface area contributed by atoms with E-state index in [0.29, 0.717) is 64.3 Å². The second-order valence-electron chi connectivity index (χ2n) is 21.0. The second-order valence-corrected chi connectivity index (χ2v) is 24.7. The van der Waals surface area contributed by atoms with Crippen LogP contribution in [0, 0.1) is 0 Å². The number of rotatable bonds is 39. The Hall–Kier alpha value is -3.71. The summed E-state index contributed by atoms with van der Waals surface area (Å²) in [5.74, 6) is -2.12. The van der Waals surface area contributed by atoms with Crippen LogP contribution in [0.3, 0.4) is 0 Å². The molecule has 486 valence electrons. The van der Waals surface area contributed by atoms with Gasteiger partial charge in [0.2, 0.25) is 35.4 Å². The van der Waals surface area contributed by atoms with Crippen LogP contribution in [0.5, 0.6) is 5.75 Å². The lowest BCUT2D eigenvalue weighted by molar-refractivity contribution is -0.205. The molecule has 4 rings (SSSR count). The lowest BCUT2D eigenvalue weighted by atomic mass is 10.0. The molecule has 6 amide bonds. The highest BCUT2D eigenvalue weighted by Gasteiger charge is 2.46. The van der Waals surface area contributed by atoms with Crippen LogP contribution in [-0.4, -0.2) is 267 Å². The van der Waals surface area contributed by atoms with Crippen LogP contribution in [-0.2, 0) is 49.4 Å². The van der Waals surface area contributed by atoms with Gasteiger partial charge in [0, 0.05) is 69.1 Å². The van der Waals surface area contributed by atoms with Gasteiger partial charge in [-0.05, 0) is 75.5 Å². The van der Waals surface area contributed by atoms with E-state index in [9.17, 15) is 95.2 Å². The van der Waals surface area contributed by atoms with E-state index in [1.165, 1.54) is 0 Å². The molecule has 0 aliphatic carbocycles. The van der Waals surface area contributed by atoms with Crippen LogP contribution in [0.25, 0.3) is 0 Å². The number of phenols is 1. The maximum Gasteiger partial charge on any atom is 0.243 e. The van der Waals surface area contributed by atoms with E-state index < -0.39 is 139 Å². The van der Waals surface area contributed by atoms with Crippen molar-refractivity contribution in [3.05, 3.63) is 29.8 Å². The molecule has 17 atom stereocenters. The maximum atomic E-state index is 14.2. The van der Waals surface area contributed by atoms with E-state index in [4.69, 9.17) is 14.2 Å². The minimum Gasteiger partial charge on any atom is -0.508 e. The van der Waals surface area contributed by atoms with Gasteiger partial charge in [0.05, 0.1) is 19.8 Å². The van der Waals surface area contributed by atoms with E-state index in [0.717, 1.165) is 47.3 Å². The lowest BCUT2D eigenvalue weighted by Gasteiger charge is -2.39. The third kappa shape index (κ3) is 25.7. The third-order valence-corrected chi connectivity index (χ3v) is 17.9. The first-order valence-electron chi connectivity index (χ1n) is 28.9. The van der Waals surface area contributed by atoms with Crippen LogP contribution in [0.2, 0.25) is 0 Å². The minimum atomic E-state index is -1.62. The van der Waals surface area contributed by atoms with Crippen molar-refractivity contribution in [3.8, 4) is 5.75 Å². The van der Waals surface area contributed by atoms with E-state index in [1.54, 1.807) is 24.3 Å². The van der Waals surface area contributed by atoms with Crippen molar-refractivity contribution < 1.29 is 109 Å². The van der Waals surface area contributed by atoms with Gasteiger partial charge in [-0.1, -0.05) is 25.0 Å². The van der Waals surface area contributed by atoms with Gasteiger partial charge in [-0.2, -0.15) is 0 Å². The zero-order valence-electron chi connectivity index (χ0n) is 47.5. The van der Waals surface area contributed by atoms with Crippen molar-refractivity contribution in [1.82, 2.24) is 31.9 Å². The number of benzene rings is 1. The lowest BCUT2D eigenvalue weighted by Crippen LogP contribution is -2.57. The average Bonchev–Trinajstić information content (AvgIpc) is 3.32. The van der Waals surface area contributed by atoms with Crippen molar-refractivity contribution in [2.24, 2.45) is 0 Å². The van der Waals surface area contributed by atoms with Crippen molar-refractivity contribution in [1.29, 1.82) is 0 Å². The second kappa shape index (κ2) is 40.0. The largest absolute Gasteiger partial charge is 0.508 e. The number of thioether (sulfide) groups is 3. The summed E-state index contributed by atoms with van der Waals surface area (Å²) < 4.78 is 16.5. The van der Waals surface area contributed by atoms with Gasteiger partial charge in [-0.25, -0.2) is 0 Å². The first-order chi connectivity index (χ1) is 40.7. The fraction of sp³-hybridized carbons (Fsp3) is 0.778. The molecule has 3 saturated heterocycles. The summed E-state index contributed by atoms with van der Waals surface area (Å²) in [6.45, 7) is -0.747. The molecule has 3 heterocycles. The van der Waals surface area contributed by atoms with Gasteiger partial charge in [0.1, 0.15) is 107 Å². The summed E-state index contributed by atoms with van der Waals surface area (Å²) in [7, 11) is 0. The van der Waals surface area contributed by atoms with Crippen LogP contribution in [0.4, 0.5) is 0 Å². The number of unbranched alkanes of at least 4 members (excludes halogenated alkanes) is 5. The molecule has 19 N–H and O–H groups in total. The first-order valence-corrected chi connectivity index (χ1v) is 32.1. The van der Waals surface area contributed by atoms with Crippen molar-refractivity contribution in [3.63, 3.8) is 0 Å². The molecule has 85 heavy (non-hydrogen) atoms. The number of aryl methyl sites for hydroxylation is 1. The average molecular weight is 1270 g/mol. The van der Waals surface area contributed by atoms with Crippen molar-refractivity contribution in [2.75, 3.05) is 63.3 Å². The molecule has 0 spiro atoms. The fourth-order valence-electron chi connectivity index (χ4n) is 9.25. The number of amides is 6. The molecular weight excluding hydrogens is 1180 g/mol. The molecule has 3 fully saturated rings. The Labute approximate surface area is 506 Å². The first kappa shape index (κ1) is 73.8. The number of hydrogen-bond donors (Lipinski definition) is 19. The molecule has 0 aromatic heterocycles. The standard InChI is InChI=1S/C54H90N6O22S3/c61-27-34-41(69)44(72)47(75)52(80-34)83-24-17-38(66)56-21-7-3-9-32(50(78)58-23-6-2-1-5-20-55-37(65)16-13-30-11-14-31(64)15-12-30)60-51(79)33(59-40(68)19-26-85-54-49(77)46(74)43(71)36(29-63)82-54)10-4-8-22-57-39(67)18-25-84-53-48(76)45(73)42(70)35(28-62)81-53/h11-12,14-15,32-36,41-49,52-54,61-64,69-77H,1-10,13,16-29H2,(H,55,65)(H,56,66)(H,57,67)(H,58,78)(H,59,68)(H,60,79)/t32?,33-,34?,35?,36?,41?,42?,43?,44?,45?,46?,47?,48?,49?,52?,53?,54?/m1/s1.